The predicted octanol–water partition coefficient (Wildman–Crippen LogP) is 1.82. The number of nitrogens with one attached hydrogen (secondary N) is 1. The Kier molecular flexibility index (Phi) is 2.37. The Balaban J connectivity index is 2.39. The van der Waals surface area contributed by atoms with Crippen LogP contribution in [0.25, 0.3) is 0 Å². The first-order chi connectivity index (χ1) is 7.11. The third-order valence-electron chi connectivity index (χ3n) is 2.44. The third-order valence-corrected chi connectivity index (χ3v) is 2.44. The summed E-state index contributed by atoms with van der Waals surface area (Å²) in [5.74, 6) is 0.879. The second kappa shape index (κ2) is 3.56. The maximum absolute atomic E-state index is 8.80. The van der Waals surface area contributed by atoms with Crippen LogP contribution in [0.3, 0.4) is 0 Å². The highest BCUT2D eigenvalue weighted by atomic mass is 16.5. The fraction of sp³-hybridized carbons (Fsp3) is 0.417. The molecule has 15 heavy (non-hydrogen) atoms. The minimum atomic E-state index is -0.195. The Morgan fingerprint density at radius 2 is 2.27 bits per heavy atom. The molecule has 1 aromatic carbocycles. The van der Waals surface area contributed by atoms with Gasteiger partial charge in [0.25, 0.3) is 0 Å². The van der Waals surface area contributed by atoms with Crippen LogP contribution in [0.5, 0.6) is 5.75 Å². The van der Waals surface area contributed by atoms with Crippen molar-refractivity contribution in [3.05, 3.63) is 29.3 Å². The summed E-state index contributed by atoms with van der Waals surface area (Å²) in [4.78, 5) is 0. The summed E-state index contributed by atoms with van der Waals surface area (Å²) in [7, 11) is 0. The van der Waals surface area contributed by atoms with Crippen molar-refractivity contribution in [1.29, 1.82) is 5.26 Å². The molecular formula is C12H14N2O. The Labute approximate surface area is 89.7 Å². The molecule has 2 rings (SSSR count). The van der Waals surface area contributed by atoms with Gasteiger partial charge in [-0.15, -0.1) is 0 Å². The summed E-state index contributed by atoms with van der Waals surface area (Å²) < 4.78 is 5.87. The maximum Gasteiger partial charge on any atom is 0.124 e. The summed E-state index contributed by atoms with van der Waals surface area (Å²) in [6.45, 7) is 5.67. The van der Waals surface area contributed by atoms with E-state index < -0.39 is 0 Å². The van der Waals surface area contributed by atoms with Crippen LogP contribution in [0.1, 0.15) is 25.0 Å². The van der Waals surface area contributed by atoms with E-state index in [9.17, 15) is 0 Å². The number of hydrogen-bond donors (Lipinski definition) is 1. The second-order valence-corrected chi connectivity index (χ2v) is 4.40. The molecular weight excluding hydrogens is 188 g/mol. The molecule has 1 N–H and O–H groups in total. The topological polar surface area (TPSA) is 45.0 Å². The standard InChI is InChI=1S/C12H14N2O/c1-12(2)8-14-7-10-5-9(6-13)3-4-11(10)15-12/h3-5,14H,7-8H2,1-2H3. The van der Waals surface area contributed by atoms with Crippen LogP contribution < -0.4 is 10.1 Å². The van der Waals surface area contributed by atoms with Crippen molar-refractivity contribution < 1.29 is 4.74 Å². The van der Waals surface area contributed by atoms with E-state index in [1.807, 2.05) is 26.0 Å². The Bertz CT molecular complexity index is 418. The second-order valence-electron chi connectivity index (χ2n) is 4.40. The molecule has 78 valence electrons. The van der Waals surface area contributed by atoms with Gasteiger partial charge in [-0.1, -0.05) is 0 Å². The molecule has 1 aromatic rings. The number of nitriles is 1. The lowest BCUT2D eigenvalue weighted by atomic mass is 10.1. The molecule has 0 fully saturated rings. The summed E-state index contributed by atoms with van der Waals surface area (Å²) in [6, 6.07) is 7.68. The van der Waals surface area contributed by atoms with Gasteiger partial charge in [0, 0.05) is 18.7 Å². The molecule has 0 aliphatic carbocycles. The van der Waals surface area contributed by atoms with Gasteiger partial charge in [0.15, 0.2) is 0 Å². The molecule has 0 amide bonds. The zero-order chi connectivity index (χ0) is 10.9. The van der Waals surface area contributed by atoms with Gasteiger partial charge in [0.1, 0.15) is 11.4 Å². The van der Waals surface area contributed by atoms with Gasteiger partial charge in [0.05, 0.1) is 11.6 Å². The van der Waals surface area contributed by atoms with Crippen LogP contribution in [0.4, 0.5) is 0 Å². The molecule has 0 bridgehead atoms. The molecule has 1 heterocycles. The van der Waals surface area contributed by atoms with Gasteiger partial charge in [0.2, 0.25) is 0 Å². The van der Waals surface area contributed by atoms with Gasteiger partial charge in [-0.05, 0) is 32.0 Å². The Hall–Kier alpha value is -1.53. The van der Waals surface area contributed by atoms with Crippen LogP contribution in [-0.2, 0) is 6.54 Å². The first-order valence-corrected chi connectivity index (χ1v) is 5.03. The van der Waals surface area contributed by atoms with Crippen LogP contribution in [-0.4, -0.2) is 12.1 Å². The number of benzene rings is 1. The zero-order valence-electron chi connectivity index (χ0n) is 9.00. The lowest BCUT2D eigenvalue weighted by molar-refractivity contribution is 0.115. The number of hydrogen-bond acceptors (Lipinski definition) is 3. The van der Waals surface area contributed by atoms with Gasteiger partial charge in [-0.3, -0.25) is 0 Å². The fourth-order valence-electron chi connectivity index (χ4n) is 1.72. The number of ether oxygens (including phenoxy) is 1. The normalized spacial score (nSPS) is 18.2. The lowest BCUT2D eigenvalue weighted by Crippen LogP contribution is -2.37. The van der Waals surface area contributed by atoms with Crippen molar-refractivity contribution in [1.82, 2.24) is 5.32 Å². The van der Waals surface area contributed by atoms with Gasteiger partial charge in [-0.2, -0.15) is 5.26 Å². The first-order valence-electron chi connectivity index (χ1n) is 5.03. The van der Waals surface area contributed by atoms with Crippen LogP contribution in [0, 0.1) is 11.3 Å². The quantitative estimate of drug-likeness (QED) is 0.698. The molecule has 1 aliphatic heterocycles. The number of rotatable bonds is 0. The van der Waals surface area contributed by atoms with E-state index >= 15 is 0 Å². The van der Waals surface area contributed by atoms with Crippen LogP contribution in [0.2, 0.25) is 0 Å². The average molecular weight is 202 g/mol. The van der Waals surface area contributed by atoms with Crippen molar-refractivity contribution in [2.24, 2.45) is 0 Å². The van der Waals surface area contributed by atoms with E-state index in [0.717, 1.165) is 24.4 Å². The smallest absolute Gasteiger partial charge is 0.124 e. The highest BCUT2D eigenvalue weighted by Gasteiger charge is 2.24. The van der Waals surface area contributed by atoms with Gasteiger partial charge >= 0.3 is 0 Å². The molecule has 0 radical (unpaired) electrons. The molecule has 3 heteroatoms. The minimum absolute atomic E-state index is 0.195. The van der Waals surface area contributed by atoms with Crippen molar-refractivity contribution in [2.45, 2.75) is 26.0 Å². The third kappa shape index (κ3) is 2.11. The summed E-state index contributed by atoms with van der Waals surface area (Å²) >= 11 is 0. The van der Waals surface area contributed by atoms with Crippen molar-refractivity contribution in [3.63, 3.8) is 0 Å². The summed E-state index contributed by atoms with van der Waals surface area (Å²) in [6.07, 6.45) is 0. The summed E-state index contributed by atoms with van der Waals surface area (Å²) in [5.41, 5.74) is 1.54. The lowest BCUT2D eigenvalue weighted by Gasteiger charge is -2.24. The average Bonchev–Trinajstić information content (AvgIpc) is 2.33. The molecule has 3 nitrogen and oxygen atoms in total. The monoisotopic (exact) mass is 202 g/mol. The Morgan fingerprint density at radius 3 is 3.00 bits per heavy atom. The van der Waals surface area contributed by atoms with Crippen LogP contribution >= 0.6 is 0 Å². The molecule has 0 saturated heterocycles. The molecule has 0 saturated carbocycles. The predicted molar refractivity (Wildman–Crippen MR) is 57.6 cm³/mol. The molecule has 0 aromatic heterocycles. The summed E-state index contributed by atoms with van der Waals surface area (Å²) in [5, 5.41) is 12.1. The highest BCUT2D eigenvalue weighted by Crippen LogP contribution is 2.26. The molecule has 0 spiro atoms. The highest BCUT2D eigenvalue weighted by molar-refractivity contribution is 5.42. The molecule has 1 aliphatic rings. The van der Waals surface area contributed by atoms with E-state index in [1.54, 1.807) is 6.07 Å². The largest absolute Gasteiger partial charge is 0.486 e. The van der Waals surface area contributed by atoms with E-state index in [-0.39, 0.29) is 5.60 Å². The van der Waals surface area contributed by atoms with Crippen molar-refractivity contribution in [2.75, 3.05) is 6.54 Å². The van der Waals surface area contributed by atoms with Crippen molar-refractivity contribution in [3.8, 4) is 11.8 Å². The SMILES string of the molecule is CC1(C)CNCc2cc(C#N)ccc2O1. The van der Waals surface area contributed by atoms with E-state index in [4.69, 9.17) is 10.00 Å². The minimum Gasteiger partial charge on any atom is -0.486 e. The maximum atomic E-state index is 8.80. The first kappa shape index (κ1) is 10.0. The van der Waals surface area contributed by atoms with Gasteiger partial charge in [-0.25, -0.2) is 0 Å². The van der Waals surface area contributed by atoms with Crippen LogP contribution in [0.15, 0.2) is 18.2 Å². The fourth-order valence-corrected chi connectivity index (χ4v) is 1.72. The molecule has 0 atom stereocenters. The van der Waals surface area contributed by atoms with E-state index in [0.29, 0.717) is 5.56 Å². The van der Waals surface area contributed by atoms with Crippen molar-refractivity contribution >= 4 is 0 Å². The van der Waals surface area contributed by atoms with Gasteiger partial charge < -0.3 is 10.1 Å². The number of fused-ring (bicyclic) bond motifs is 1. The van der Waals surface area contributed by atoms with E-state index in [1.165, 1.54) is 0 Å². The van der Waals surface area contributed by atoms with E-state index in [2.05, 4.69) is 11.4 Å². The zero-order valence-corrected chi connectivity index (χ0v) is 9.00. The Morgan fingerprint density at radius 1 is 1.47 bits per heavy atom. The molecule has 0 unspecified atom stereocenters. The number of nitrogens with zero attached hydrogens (tertiary/aromatic N) is 1.